The number of hydrogen-bond donors (Lipinski definition) is 1. The van der Waals surface area contributed by atoms with Crippen LogP contribution in [-0.4, -0.2) is 29.7 Å². The van der Waals surface area contributed by atoms with Crippen molar-refractivity contribution < 1.29 is 8.42 Å². The third kappa shape index (κ3) is 2.02. The summed E-state index contributed by atoms with van der Waals surface area (Å²) in [5, 5.41) is 3.16. The van der Waals surface area contributed by atoms with Gasteiger partial charge in [0.1, 0.15) is 0 Å². The van der Waals surface area contributed by atoms with Gasteiger partial charge in [0.05, 0.1) is 17.5 Å². The molecule has 1 aliphatic heterocycles. The molecule has 1 fully saturated rings. The maximum absolute atomic E-state index is 12.3. The average molecular weight is 270 g/mol. The van der Waals surface area contributed by atoms with Crippen molar-refractivity contribution in [3.63, 3.8) is 0 Å². The highest BCUT2D eigenvalue weighted by atomic mass is 32.2. The van der Waals surface area contributed by atoms with Gasteiger partial charge in [-0.3, -0.25) is 9.89 Å². The van der Waals surface area contributed by atoms with Crippen molar-refractivity contribution in [3.8, 4) is 0 Å². The number of rotatable bonds is 1. The molecule has 1 unspecified atom stereocenters. The number of H-pyrrole nitrogens is 1. The van der Waals surface area contributed by atoms with Crippen LogP contribution in [0.15, 0.2) is 4.79 Å². The van der Waals surface area contributed by atoms with Gasteiger partial charge in [-0.2, -0.15) is 0 Å². The quantitative estimate of drug-likeness (QED) is 0.767. The Morgan fingerprint density at radius 2 is 1.94 bits per heavy atom. The molecular formula is C12H18N2O3S. The van der Waals surface area contributed by atoms with Crippen LogP contribution in [0.2, 0.25) is 0 Å². The van der Waals surface area contributed by atoms with Crippen LogP contribution in [-0.2, 0) is 22.7 Å². The number of nitrogens with one attached hydrogen (secondary N) is 1. The normalized spacial score (nSPS) is 26.8. The first-order chi connectivity index (χ1) is 8.57. The zero-order valence-corrected chi connectivity index (χ0v) is 11.1. The van der Waals surface area contributed by atoms with Crippen molar-refractivity contribution in [1.82, 2.24) is 9.78 Å². The summed E-state index contributed by atoms with van der Waals surface area (Å²) < 4.78 is 24.6. The largest absolute Gasteiger partial charge is 0.299 e. The van der Waals surface area contributed by atoms with Crippen molar-refractivity contribution in [2.45, 2.75) is 44.6 Å². The van der Waals surface area contributed by atoms with Crippen molar-refractivity contribution in [1.29, 1.82) is 0 Å². The Morgan fingerprint density at radius 3 is 2.67 bits per heavy atom. The zero-order valence-electron chi connectivity index (χ0n) is 10.3. The Balaban J connectivity index is 1.97. The van der Waals surface area contributed by atoms with Gasteiger partial charge in [0, 0.05) is 11.3 Å². The Morgan fingerprint density at radius 1 is 1.17 bits per heavy atom. The van der Waals surface area contributed by atoms with E-state index in [0.717, 1.165) is 36.9 Å². The van der Waals surface area contributed by atoms with Crippen molar-refractivity contribution in [2.24, 2.45) is 0 Å². The molecule has 100 valence electrons. The predicted octanol–water partition coefficient (Wildman–Crippen LogP) is 0.805. The minimum Gasteiger partial charge on any atom is -0.299 e. The highest BCUT2D eigenvalue weighted by Gasteiger charge is 2.31. The van der Waals surface area contributed by atoms with Gasteiger partial charge < -0.3 is 0 Å². The Hall–Kier alpha value is -1.04. The number of hydrogen-bond acceptors (Lipinski definition) is 3. The number of fused-ring (bicyclic) bond motifs is 1. The molecule has 1 N–H and O–H groups in total. The SMILES string of the molecule is O=c1c2c([nH]n1C1CCS(=O)(=O)C1)CCCCC2. The summed E-state index contributed by atoms with van der Waals surface area (Å²) in [6.07, 6.45) is 5.63. The van der Waals surface area contributed by atoms with E-state index in [1.165, 1.54) is 6.42 Å². The Kier molecular flexibility index (Phi) is 2.84. The zero-order chi connectivity index (χ0) is 12.8. The minimum atomic E-state index is -2.95. The van der Waals surface area contributed by atoms with E-state index >= 15 is 0 Å². The van der Waals surface area contributed by atoms with Crippen molar-refractivity contribution in [3.05, 3.63) is 21.6 Å². The molecule has 0 amide bonds. The van der Waals surface area contributed by atoms with Crippen LogP contribution in [0.4, 0.5) is 0 Å². The molecule has 3 rings (SSSR count). The second-order valence-corrected chi connectivity index (χ2v) is 7.59. The lowest BCUT2D eigenvalue weighted by Crippen LogP contribution is -2.25. The van der Waals surface area contributed by atoms with E-state index in [4.69, 9.17) is 0 Å². The molecule has 0 spiro atoms. The van der Waals surface area contributed by atoms with E-state index < -0.39 is 9.84 Å². The van der Waals surface area contributed by atoms with Crippen LogP contribution in [0.25, 0.3) is 0 Å². The third-order valence-corrected chi connectivity index (χ3v) is 5.77. The fourth-order valence-corrected chi connectivity index (χ4v) is 4.72. The molecule has 1 aromatic rings. The van der Waals surface area contributed by atoms with Crippen molar-refractivity contribution in [2.75, 3.05) is 11.5 Å². The Labute approximate surface area is 106 Å². The van der Waals surface area contributed by atoms with Gasteiger partial charge in [-0.15, -0.1) is 0 Å². The maximum Gasteiger partial charge on any atom is 0.270 e. The molecule has 0 aromatic carbocycles. The first kappa shape index (κ1) is 12.0. The molecule has 2 aliphatic rings. The van der Waals surface area contributed by atoms with Gasteiger partial charge in [0.15, 0.2) is 9.84 Å². The first-order valence-corrected chi connectivity index (χ1v) is 8.42. The van der Waals surface area contributed by atoms with Crippen LogP contribution in [0.5, 0.6) is 0 Å². The van der Waals surface area contributed by atoms with E-state index in [2.05, 4.69) is 5.10 Å². The van der Waals surface area contributed by atoms with Gasteiger partial charge in [0.2, 0.25) is 0 Å². The number of sulfone groups is 1. The molecule has 1 aliphatic carbocycles. The number of aryl methyl sites for hydroxylation is 1. The van der Waals surface area contributed by atoms with Gasteiger partial charge in [-0.05, 0) is 32.1 Å². The number of nitrogens with zero attached hydrogens (tertiary/aromatic N) is 1. The fraction of sp³-hybridized carbons (Fsp3) is 0.750. The highest BCUT2D eigenvalue weighted by Crippen LogP contribution is 2.24. The molecule has 1 saturated heterocycles. The lowest BCUT2D eigenvalue weighted by molar-refractivity contribution is 0.479. The minimum absolute atomic E-state index is 0.00833. The third-order valence-electron chi connectivity index (χ3n) is 4.02. The maximum atomic E-state index is 12.3. The van der Waals surface area contributed by atoms with E-state index in [1.807, 2.05) is 0 Å². The monoisotopic (exact) mass is 270 g/mol. The summed E-state index contributed by atoms with van der Waals surface area (Å²) in [6, 6.07) is -0.186. The summed E-state index contributed by atoms with van der Waals surface area (Å²) >= 11 is 0. The van der Waals surface area contributed by atoms with Gasteiger partial charge in [-0.25, -0.2) is 13.1 Å². The molecule has 0 bridgehead atoms. The Bertz CT molecular complexity index is 612. The molecule has 1 atom stereocenters. The van der Waals surface area contributed by atoms with Gasteiger partial charge in [-0.1, -0.05) is 6.42 Å². The standard InChI is InChI=1S/C12H18N2O3S/c15-12-10-4-2-1-3-5-11(10)13-14(12)9-6-7-18(16,17)8-9/h9,13H,1-8H2. The molecule has 2 heterocycles. The van der Waals surface area contributed by atoms with Gasteiger partial charge >= 0.3 is 0 Å². The predicted molar refractivity (Wildman–Crippen MR) is 68.6 cm³/mol. The van der Waals surface area contributed by atoms with Crippen LogP contribution in [0.3, 0.4) is 0 Å². The van der Waals surface area contributed by atoms with Crippen LogP contribution in [0.1, 0.15) is 43.0 Å². The van der Waals surface area contributed by atoms with E-state index in [1.54, 1.807) is 4.68 Å². The van der Waals surface area contributed by atoms with Crippen LogP contribution < -0.4 is 5.56 Å². The topological polar surface area (TPSA) is 71.9 Å². The number of aromatic amines is 1. The summed E-state index contributed by atoms with van der Waals surface area (Å²) in [4.78, 5) is 12.3. The fourth-order valence-electron chi connectivity index (χ4n) is 3.02. The summed E-state index contributed by atoms with van der Waals surface area (Å²) in [7, 11) is -2.95. The summed E-state index contributed by atoms with van der Waals surface area (Å²) in [6.45, 7) is 0. The van der Waals surface area contributed by atoms with E-state index in [9.17, 15) is 13.2 Å². The molecule has 5 nitrogen and oxygen atoms in total. The second-order valence-electron chi connectivity index (χ2n) is 5.36. The molecule has 18 heavy (non-hydrogen) atoms. The molecule has 0 saturated carbocycles. The highest BCUT2D eigenvalue weighted by molar-refractivity contribution is 7.91. The molecule has 6 heteroatoms. The smallest absolute Gasteiger partial charge is 0.270 e. The molecule has 1 aromatic heterocycles. The lowest BCUT2D eigenvalue weighted by atomic mass is 10.1. The van der Waals surface area contributed by atoms with E-state index in [-0.39, 0.29) is 23.1 Å². The van der Waals surface area contributed by atoms with Gasteiger partial charge in [0.25, 0.3) is 5.56 Å². The summed E-state index contributed by atoms with van der Waals surface area (Å²) in [5.74, 6) is 0.306. The average Bonchev–Trinajstić information content (AvgIpc) is 2.72. The van der Waals surface area contributed by atoms with Crippen LogP contribution in [0, 0.1) is 0 Å². The van der Waals surface area contributed by atoms with Crippen LogP contribution >= 0.6 is 0 Å². The lowest BCUT2D eigenvalue weighted by Gasteiger charge is -2.08. The number of aromatic nitrogens is 2. The first-order valence-electron chi connectivity index (χ1n) is 6.59. The molecule has 0 radical (unpaired) electrons. The second kappa shape index (κ2) is 4.26. The summed E-state index contributed by atoms with van der Waals surface area (Å²) in [5.41, 5.74) is 1.92. The van der Waals surface area contributed by atoms with E-state index in [0.29, 0.717) is 6.42 Å². The molecular weight excluding hydrogens is 252 g/mol. The van der Waals surface area contributed by atoms with Crippen molar-refractivity contribution >= 4 is 9.84 Å².